The molecule has 0 spiro atoms. The quantitative estimate of drug-likeness (QED) is 0.423. The Morgan fingerprint density at radius 3 is 2.90 bits per heavy atom. The van der Waals surface area contributed by atoms with Crippen LogP contribution >= 0.6 is 11.8 Å². The Kier molecular flexibility index (Phi) is 2.51. The smallest absolute Gasteiger partial charge is 0.146 e. The summed E-state index contributed by atoms with van der Waals surface area (Å²) in [4.78, 5) is 11.3. The maximum absolute atomic E-state index is 10.3. The van der Waals surface area contributed by atoms with Crippen LogP contribution in [0.4, 0.5) is 0 Å². The number of aldehydes is 1. The van der Waals surface area contributed by atoms with Crippen LogP contribution in [-0.4, -0.2) is 6.29 Å². The van der Waals surface area contributed by atoms with E-state index in [1.54, 1.807) is 11.8 Å². The molecule has 2 heteroatoms. The summed E-state index contributed by atoms with van der Waals surface area (Å²) in [6.07, 6.45) is 6.70. The van der Waals surface area contributed by atoms with Gasteiger partial charge in [-0.2, -0.15) is 0 Å². The van der Waals surface area contributed by atoms with Crippen molar-refractivity contribution in [3.05, 3.63) is 34.1 Å². The van der Waals surface area contributed by atoms with Crippen molar-refractivity contribution in [2.45, 2.75) is 6.92 Å². The van der Waals surface area contributed by atoms with Crippen LogP contribution in [0, 0.1) is 0 Å². The van der Waals surface area contributed by atoms with Gasteiger partial charge >= 0.3 is 0 Å². The zero-order valence-electron chi connectivity index (χ0n) is 5.70. The lowest BCUT2D eigenvalue weighted by Crippen LogP contribution is -1.82. The molecular formula is C8H8OS. The Morgan fingerprint density at radius 1 is 1.60 bits per heavy atom. The van der Waals surface area contributed by atoms with Gasteiger partial charge in [0, 0.05) is 10.5 Å². The van der Waals surface area contributed by atoms with Crippen molar-refractivity contribution >= 4 is 18.0 Å². The molecule has 0 saturated heterocycles. The van der Waals surface area contributed by atoms with Crippen LogP contribution in [0.25, 0.3) is 0 Å². The normalized spacial score (nSPS) is 20.9. The number of hydrogen-bond acceptors (Lipinski definition) is 2. The van der Waals surface area contributed by atoms with Crippen LogP contribution < -0.4 is 0 Å². The molecular weight excluding hydrogens is 144 g/mol. The van der Waals surface area contributed by atoms with Crippen molar-refractivity contribution < 1.29 is 4.79 Å². The van der Waals surface area contributed by atoms with E-state index in [1.165, 1.54) is 0 Å². The van der Waals surface area contributed by atoms with Crippen molar-refractivity contribution in [3.63, 3.8) is 0 Å². The molecule has 1 nitrogen and oxygen atoms in total. The molecule has 0 atom stereocenters. The number of carbonyl (C=O) groups is 1. The van der Waals surface area contributed by atoms with Crippen LogP contribution in [-0.2, 0) is 4.79 Å². The molecule has 0 aliphatic carbocycles. The van der Waals surface area contributed by atoms with E-state index < -0.39 is 0 Å². The second kappa shape index (κ2) is 3.42. The molecule has 0 bridgehead atoms. The number of rotatable bonds is 1. The first-order chi connectivity index (χ1) is 4.84. The van der Waals surface area contributed by atoms with E-state index in [0.717, 1.165) is 16.8 Å². The Balaban J connectivity index is 2.84. The summed E-state index contributed by atoms with van der Waals surface area (Å²) in [6, 6.07) is 0. The topological polar surface area (TPSA) is 17.1 Å². The fourth-order valence-corrected chi connectivity index (χ4v) is 1.33. The van der Waals surface area contributed by atoms with Crippen molar-refractivity contribution in [1.29, 1.82) is 0 Å². The van der Waals surface area contributed by atoms with Gasteiger partial charge in [0.2, 0.25) is 0 Å². The van der Waals surface area contributed by atoms with Gasteiger partial charge in [-0.25, -0.2) is 0 Å². The van der Waals surface area contributed by atoms with Gasteiger partial charge in [0.25, 0.3) is 0 Å². The average Bonchev–Trinajstić information content (AvgIpc) is 2.05. The third-order valence-electron chi connectivity index (χ3n) is 1.20. The molecule has 0 amide bonds. The van der Waals surface area contributed by atoms with Gasteiger partial charge in [-0.1, -0.05) is 23.9 Å². The van der Waals surface area contributed by atoms with Crippen LogP contribution in [0.3, 0.4) is 0 Å². The Hall–Kier alpha value is -0.760. The molecule has 0 unspecified atom stereocenters. The van der Waals surface area contributed by atoms with Gasteiger partial charge in [-0.15, -0.1) is 0 Å². The molecule has 0 radical (unpaired) electrons. The van der Waals surface area contributed by atoms with Gasteiger partial charge in [0.15, 0.2) is 0 Å². The summed E-state index contributed by atoms with van der Waals surface area (Å²) < 4.78 is 0. The third kappa shape index (κ3) is 1.61. The SMILES string of the molecule is C/C(C=O)=C1\C=CC=CS1. The molecule has 0 saturated carbocycles. The monoisotopic (exact) mass is 152 g/mol. The highest BCUT2D eigenvalue weighted by molar-refractivity contribution is 8.06. The van der Waals surface area contributed by atoms with Gasteiger partial charge < -0.3 is 0 Å². The minimum atomic E-state index is 0.797. The lowest BCUT2D eigenvalue weighted by atomic mass is 10.3. The standard InChI is InChI=1S/C8H8OS/c1-7(6-9)8-4-2-3-5-10-8/h2-6H,1H3/b8-7-. The molecule has 1 aliphatic heterocycles. The van der Waals surface area contributed by atoms with Crippen molar-refractivity contribution in [3.8, 4) is 0 Å². The lowest BCUT2D eigenvalue weighted by molar-refractivity contribution is -0.104. The summed E-state index contributed by atoms with van der Waals surface area (Å²) in [5, 5.41) is 1.96. The predicted molar refractivity (Wildman–Crippen MR) is 44.6 cm³/mol. The van der Waals surface area contributed by atoms with E-state index >= 15 is 0 Å². The molecule has 0 fully saturated rings. The fourth-order valence-electron chi connectivity index (χ4n) is 0.623. The first kappa shape index (κ1) is 7.35. The number of carbonyl (C=O) groups excluding carboxylic acids is 1. The summed E-state index contributed by atoms with van der Waals surface area (Å²) in [6.45, 7) is 1.82. The maximum Gasteiger partial charge on any atom is 0.146 e. The van der Waals surface area contributed by atoms with E-state index in [2.05, 4.69) is 0 Å². The highest BCUT2D eigenvalue weighted by Gasteiger charge is 1.98. The summed E-state index contributed by atoms with van der Waals surface area (Å²) in [5.41, 5.74) is 0.797. The van der Waals surface area contributed by atoms with Crippen LogP contribution in [0.5, 0.6) is 0 Å². The zero-order chi connectivity index (χ0) is 7.40. The first-order valence-corrected chi connectivity index (χ1v) is 3.88. The minimum absolute atomic E-state index is 0.797. The Morgan fingerprint density at radius 2 is 2.40 bits per heavy atom. The van der Waals surface area contributed by atoms with E-state index in [0.29, 0.717) is 0 Å². The molecule has 0 aromatic heterocycles. The Bertz CT molecular complexity index is 223. The van der Waals surface area contributed by atoms with Gasteiger partial charge in [-0.3, -0.25) is 4.79 Å². The largest absolute Gasteiger partial charge is 0.298 e. The first-order valence-electron chi connectivity index (χ1n) is 3.00. The molecule has 1 aliphatic rings. The summed E-state index contributed by atoms with van der Waals surface area (Å²) in [7, 11) is 0. The molecule has 0 aromatic rings. The predicted octanol–water partition coefficient (Wildman–Crippen LogP) is 2.28. The van der Waals surface area contributed by atoms with Crippen molar-refractivity contribution in [2.75, 3.05) is 0 Å². The van der Waals surface area contributed by atoms with Crippen LogP contribution in [0.2, 0.25) is 0 Å². The highest BCUT2D eigenvalue weighted by atomic mass is 32.2. The molecule has 1 rings (SSSR count). The van der Waals surface area contributed by atoms with E-state index in [1.807, 2.05) is 30.6 Å². The number of thioether (sulfide) groups is 1. The maximum atomic E-state index is 10.3. The van der Waals surface area contributed by atoms with E-state index in [-0.39, 0.29) is 0 Å². The van der Waals surface area contributed by atoms with Gasteiger partial charge in [0.05, 0.1) is 0 Å². The summed E-state index contributed by atoms with van der Waals surface area (Å²) >= 11 is 1.58. The van der Waals surface area contributed by atoms with Crippen molar-refractivity contribution in [2.24, 2.45) is 0 Å². The summed E-state index contributed by atoms with van der Waals surface area (Å²) in [5.74, 6) is 0. The highest BCUT2D eigenvalue weighted by Crippen LogP contribution is 2.24. The van der Waals surface area contributed by atoms with Crippen LogP contribution in [0.15, 0.2) is 34.1 Å². The fraction of sp³-hybridized carbons (Fsp3) is 0.125. The third-order valence-corrected chi connectivity index (χ3v) is 2.20. The second-order valence-corrected chi connectivity index (χ2v) is 2.92. The minimum Gasteiger partial charge on any atom is -0.298 e. The molecule has 52 valence electrons. The van der Waals surface area contributed by atoms with Gasteiger partial charge in [-0.05, 0) is 18.4 Å². The molecule has 1 heterocycles. The Labute approximate surface area is 64.5 Å². The van der Waals surface area contributed by atoms with E-state index in [4.69, 9.17) is 0 Å². The number of hydrogen-bond donors (Lipinski definition) is 0. The lowest BCUT2D eigenvalue weighted by Gasteiger charge is -2.01. The van der Waals surface area contributed by atoms with Crippen LogP contribution in [0.1, 0.15) is 6.92 Å². The molecule has 0 aromatic carbocycles. The molecule has 10 heavy (non-hydrogen) atoms. The average molecular weight is 152 g/mol. The molecule has 0 N–H and O–H groups in total. The van der Waals surface area contributed by atoms with Gasteiger partial charge in [0.1, 0.15) is 6.29 Å². The second-order valence-electron chi connectivity index (χ2n) is 1.97. The zero-order valence-corrected chi connectivity index (χ0v) is 6.52. The number of allylic oxidation sites excluding steroid dienone is 4. The van der Waals surface area contributed by atoms with E-state index in [9.17, 15) is 4.79 Å². The van der Waals surface area contributed by atoms with Crippen molar-refractivity contribution in [1.82, 2.24) is 0 Å².